The summed E-state index contributed by atoms with van der Waals surface area (Å²) in [7, 11) is 1.75. The summed E-state index contributed by atoms with van der Waals surface area (Å²) in [5.41, 5.74) is 7.67. The molecule has 2 N–H and O–H groups in total. The lowest BCUT2D eigenvalue weighted by atomic mass is 9.76. The lowest BCUT2D eigenvalue weighted by molar-refractivity contribution is -0.0742. The third-order valence-corrected chi connectivity index (χ3v) is 3.94. The van der Waals surface area contributed by atoms with Crippen LogP contribution in [0.1, 0.15) is 25.0 Å². The molecule has 0 saturated heterocycles. The first-order valence-electron chi connectivity index (χ1n) is 6.44. The van der Waals surface area contributed by atoms with Crippen LogP contribution in [0.25, 0.3) is 11.1 Å². The van der Waals surface area contributed by atoms with Crippen molar-refractivity contribution in [2.45, 2.75) is 31.3 Å². The first-order chi connectivity index (χ1) is 9.24. The Kier molecular flexibility index (Phi) is 2.98. The SMILES string of the molecule is COC1(Cc2onc(N)c2-c2ccncc2)CCC1. The van der Waals surface area contributed by atoms with Crippen LogP contribution < -0.4 is 5.73 Å². The molecule has 0 bridgehead atoms. The predicted octanol–water partition coefficient (Wildman–Crippen LogP) is 2.43. The fourth-order valence-electron chi connectivity index (χ4n) is 2.60. The summed E-state index contributed by atoms with van der Waals surface area (Å²) in [6, 6.07) is 3.82. The quantitative estimate of drug-likeness (QED) is 0.912. The van der Waals surface area contributed by atoms with Crippen LogP contribution in [0.15, 0.2) is 29.0 Å². The maximum absolute atomic E-state index is 5.93. The van der Waals surface area contributed by atoms with Crippen molar-refractivity contribution in [3.05, 3.63) is 30.3 Å². The van der Waals surface area contributed by atoms with E-state index in [4.69, 9.17) is 15.0 Å². The lowest BCUT2D eigenvalue weighted by Gasteiger charge is -2.39. The molecule has 2 aromatic rings. The van der Waals surface area contributed by atoms with Gasteiger partial charge in [-0.2, -0.15) is 0 Å². The van der Waals surface area contributed by atoms with Crippen molar-refractivity contribution in [3.8, 4) is 11.1 Å². The zero-order valence-electron chi connectivity index (χ0n) is 10.9. The number of ether oxygens (including phenoxy) is 1. The van der Waals surface area contributed by atoms with Crippen LogP contribution >= 0.6 is 0 Å². The van der Waals surface area contributed by atoms with Crippen LogP contribution in [0.2, 0.25) is 0 Å². The summed E-state index contributed by atoms with van der Waals surface area (Å²) >= 11 is 0. The summed E-state index contributed by atoms with van der Waals surface area (Å²) in [6.07, 6.45) is 7.50. The number of nitrogens with zero attached hydrogens (tertiary/aromatic N) is 2. The van der Waals surface area contributed by atoms with Crippen molar-refractivity contribution >= 4 is 5.82 Å². The molecule has 3 rings (SSSR count). The molecule has 1 fully saturated rings. The second kappa shape index (κ2) is 4.66. The Labute approximate surface area is 111 Å². The molecule has 0 radical (unpaired) electrons. The Bertz CT molecular complexity index is 556. The number of rotatable bonds is 4. The number of methoxy groups -OCH3 is 1. The van der Waals surface area contributed by atoms with Gasteiger partial charge in [0.15, 0.2) is 5.82 Å². The van der Waals surface area contributed by atoms with Crippen LogP contribution in [-0.2, 0) is 11.2 Å². The molecule has 100 valence electrons. The van der Waals surface area contributed by atoms with Gasteiger partial charge in [0.05, 0.1) is 11.2 Å². The van der Waals surface area contributed by atoms with Gasteiger partial charge in [0.25, 0.3) is 0 Å². The zero-order valence-corrected chi connectivity index (χ0v) is 10.9. The summed E-state index contributed by atoms with van der Waals surface area (Å²) in [5, 5.41) is 3.90. The van der Waals surface area contributed by atoms with E-state index in [1.165, 1.54) is 6.42 Å². The Morgan fingerprint density at radius 3 is 2.68 bits per heavy atom. The highest BCUT2D eigenvalue weighted by Gasteiger charge is 2.39. The summed E-state index contributed by atoms with van der Waals surface area (Å²) in [4.78, 5) is 4.02. The maximum atomic E-state index is 5.93. The van der Waals surface area contributed by atoms with Gasteiger partial charge in [-0.1, -0.05) is 5.16 Å². The minimum Gasteiger partial charge on any atom is -0.380 e. The number of hydrogen-bond donors (Lipinski definition) is 1. The number of hydrogen-bond acceptors (Lipinski definition) is 5. The first kappa shape index (κ1) is 12.2. The van der Waals surface area contributed by atoms with Gasteiger partial charge in [-0.05, 0) is 37.0 Å². The van der Waals surface area contributed by atoms with Gasteiger partial charge in [-0.25, -0.2) is 0 Å². The minimum absolute atomic E-state index is 0.103. The number of nitrogen functional groups attached to an aromatic ring is 1. The highest BCUT2D eigenvalue weighted by molar-refractivity contribution is 5.75. The van der Waals surface area contributed by atoms with Crippen molar-refractivity contribution in [2.24, 2.45) is 0 Å². The van der Waals surface area contributed by atoms with Crippen molar-refractivity contribution in [2.75, 3.05) is 12.8 Å². The number of anilines is 1. The van der Waals surface area contributed by atoms with Crippen molar-refractivity contribution < 1.29 is 9.26 Å². The van der Waals surface area contributed by atoms with E-state index in [0.717, 1.165) is 29.7 Å². The molecular formula is C14H17N3O2. The van der Waals surface area contributed by atoms with Gasteiger partial charge in [-0.3, -0.25) is 4.98 Å². The molecule has 2 heterocycles. The molecule has 5 nitrogen and oxygen atoms in total. The largest absolute Gasteiger partial charge is 0.380 e. The van der Waals surface area contributed by atoms with E-state index in [2.05, 4.69) is 10.1 Å². The molecule has 0 spiro atoms. The highest BCUT2D eigenvalue weighted by atomic mass is 16.5. The molecule has 1 aliphatic rings. The smallest absolute Gasteiger partial charge is 0.175 e. The average Bonchev–Trinajstić information content (AvgIpc) is 2.76. The molecule has 2 aromatic heterocycles. The number of nitrogens with two attached hydrogens (primary N) is 1. The zero-order chi connectivity index (χ0) is 13.3. The van der Waals surface area contributed by atoms with Crippen molar-refractivity contribution in [3.63, 3.8) is 0 Å². The standard InChI is InChI=1S/C14H17N3O2/c1-18-14(5-2-6-14)9-11-12(13(15)17-19-11)10-3-7-16-8-4-10/h3-4,7-8H,2,5-6,9H2,1H3,(H2,15,17). The Hall–Kier alpha value is -1.88. The predicted molar refractivity (Wildman–Crippen MR) is 71.4 cm³/mol. The Morgan fingerprint density at radius 2 is 2.11 bits per heavy atom. The minimum atomic E-state index is -0.103. The second-order valence-electron chi connectivity index (χ2n) is 5.02. The maximum Gasteiger partial charge on any atom is 0.175 e. The van der Waals surface area contributed by atoms with Crippen LogP contribution in [0.4, 0.5) is 5.82 Å². The monoisotopic (exact) mass is 259 g/mol. The Morgan fingerprint density at radius 1 is 1.37 bits per heavy atom. The second-order valence-corrected chi connectivity index (χ2v) is 5.02. The first-order valence-corrected chi connectivity index (χ1v) is 6.44. The third kappa shape index (κ3) is 2.10. The number of pyridine rings is 1. The summed E-state index contributed by atoms with van der Waals surface area (Å²) < 4.78 is 11.0. The average molecular weight is 259 g/mol. The molecule has 0 amide bonds. The molecular weight excluding hydrogens is 242 g/mol. The van der Waals surface area contributed by atoms with Gasteiger partial charge in [0, 0.05) is 25.9 Å². The lowest BCUT2D eigenvalue weighted by Crippen LogP contribution is -2.41. The molecule has 0 aromatic carbocycles. The normalized spacial score (nSPS) is 17.1. The molecule has 5 heteroatoms. The van der Waals surface area contributed by atoms with Gasteiger partial charge < -0.3 is 15.0 Å². The van der Waals surface area contributed by atoms with Gasteiger partial charge in [-0.15, -0.1) is 0 Å². The molecule has 0 atom stereocenters. The molecule has 1 saturated carbocycles. The van der Waals surface area contributed by atoms with E-state index in [9.17, 15) is 0 Å². The fourth-order valence-corrected chi connectivity index (χ4v) is 2.60. The molecule has 0 aliphatic heterocycles. The number of aromatic nitrogens is 2. The van der Waals surface area contributed by atoms with E-state index < -0.39 is 0 Å². The van der Waals surface area contributed by atoms with Crippen molar-refractivity contribution in [1.29, 1.82) is 0 Å². The summed E-state index contributed by atoms with van der Waals surface area (Å²) in [6.45, 7) is 0. The van der Waals surface area contributed by atoms with Crippen LogP contribution in [0, 0.1) is 0 Å². The van der Waals surface area contributed by atoms with E-state index in [-0.39, 0.29) is 5.60 Å². The Balaban J connectivity index is 1.95. The third-order valence-electron chi connectivity index (χ3n) is 3.94. The van der Waals surface area contributed by atoms with Gasteiger partial charge in [0.2, 0.25) is 0 Å². The van der Waals surface area contributed by atoms with Gasteiger partial charge in [0.1, 0.15) is 5.76 Å². The van der Waals surface area contributed by atoms with Crippen LogP contribution in [-0.4, -0.2) is 22.9 Å². The highest BCUT2D eigenvalue weighted by Crippen LogP contribution is 2.41. The van der Waals surface area contributed by atoms with E-state index in [0.29, 0.717) is 12.2 Å². The van der Waals surface area contributed by atoms with E-state index in [1.54, 1.807) is 19.5 Å². The van der Waals surface area contributed by atoms with E-state index >= 15 is 0 Å². The fraction of sp³-hybridized carbons (Fsp3) is 0.429. The molecule has 0 unspecified atom stereocenters. The van der Waals surface area contributed by atoms with Crippen molar-refractivity contribution in [1.82, 2.24) is 10.1 Å². The van der Waals surface area contributed by atoms with Crippen LogP contribution in [0.5, 0.6) is 0 Å². The molecule has 1 aliphatic carbocycles. The summed E-state index contributed by atoms with van der Waals surface area (Å²) in [5.74, 6) is 1.22. The topological polar surface area (TPSA) is 74.2 Å². The van der Waals surface area contributed by atoms with E-state index in [1.807, 2.05) is 12.1 Å². The van der Waals surface area contributed by atoms with Gasteiger partial charge >= 0.3 is 0 Å². The van der Waals surface area contributed by atoms with Crippen LogP contribution in [0.3, 0.4) is 0 Å². The molecule has 19 heavy (non-hydrogen) atoms.